The molecule has 0 N–H and O–H groups in total. The van der Waals surface area contributed by atoms with Crippen LogP contribution in [0.25, 0.3) is 0 Å². The van der Waals surface area contributed by atoms with Crippen LogP contribution in [0.2, 0.25) is 0 Å². The highest BCUT2D eigenvalue weighted by molar-refractivity contribution is 5.90. The minimum absolute atomic E-state index is 0.0534. The molecule has 1 aromatic rings. The molecule has 4 heteroatoms. The zero-order chi connectivity index (χ0) is 13.5. The summed E-state index contributed by atoms with van der Waals surface area (Å²) >= 11 is 0. The molecule has 0 aromatic heterocycles. The fraction of sp³-hybridized carbons (Fsp3) is 0.500. The molecule has 0 aliphatic carbocycles. The van der Waals surface area contributed by atoms with Gasteiger partial charge in [0.25, 0.3) is 0 Å². The summed E-state index contributed by atoms with van der Waals surface area (Å²) in [6.45, 7) is 8.41. The van der Waals surface area contributed by atoms with Crippen molar-refractivity contribution in [3.8, 4) is 11.5 Å². The molecule has 4 nitrogen and oxygen atoms in total. The van der Waals surface area contributed by atoms with E-state index in [0.29, 0.717) is 30.3 Å². The second-order valence-corrected chi connectivity index (χ2v) is 3.98. The first-order valence-electron chi connectivity index (χ1n) is 6.19. The molecule has 0 saturated heterocycles. The number of ether oxygens (including phenoxy) is 3. The van der Waals surface area contributed by atoms with Crippen LogP contribution >= 0.6 is 0 Å². The third-order valence-electron chi connectivity index (χ3n) is 2.12. The van der Waals surface area contributed by atoms with Crippen molar-refractivity contribution in [2.45, 2.75) is 33.8 Å². The number of hydrogen-bond donors (Lipinski definition) is 0. The molecule has 0 radical (unpaired) electrons. The molecule has 0 heterocycles. The van der Waals surface area contributed by atoms with Crippen molar-refractivity contribution in [3.05, 3.63) is 23.8 Å². The van der Waals surface area contributed by atoms with Gasteiger partial charge in [0.15, 0.2) is 11.5 Å². The summed E-state index contributed by atoms with van der Waals surface area (Å²) in [6.07, 6.45) is 0.0534. The van der Waals surface area contributed by atoms with Gasteiger partial charge in [0.2, 0.25) is 0 Å². The maximum atomic E-state index is 11.6. The number of esters is 1. The molecule has 0 bridgehead atoms. The van der Waals surface area contributed by atoms with Gasteiger partial charge in [-0.05, 0) is 45.9 Å². The maximum Gasteiger partial charge on any atom is 0.338 e. The van der Waals surface area contributed by atoms with E-state index < -0.39 is 0 Å². The van der Waals surface area contributed by atoms with Crippen molar-refractivity contribution in [2.75, 3.05) is 13.2 Å². The van der Waals surface area contributed by atoms with Crippen molar-refractivity contribution in [2.24, 2.45) is 0 Å². The van der Waals surface area contributed by atoms with Crippen molar-refractivity contribution in [3.63, 3.8) is 0 Å². The van der Waals surface area contributed by atoms with E-state index in [1.54, 1.807) is 25.1 Å². The molecule has 0 saturated carbocycles. The van der Waals surface area contributed by atoms with Gasteiger partial charge < -0.3 is 14.2 Å². The average Bonchev–Trinajstić information content (AvgIpc) is 2.31. The van der Waals surface area contributed by atoms with Crippen LogP contribution in [0.4, 0.5) is 0 Å². The third-order valence-corrected chi connectivity index (χ3v) is 2.12. The summed E-state index contributed by atoms with van der Waals surface area (Å²) in [7, 11) is 0. The molecule has 0 fully saturated rings. The Balaban J connectivity index is 2.98. The van der Waals surface area contributed by atoms with Gasteiger partial charge in [-0.3, -0.25) is 0 Å². The Morgan fingerprint density at radius 2 is 1.89 bits per heavy atom. The van der Waals surface area contributed by atoms with Gasteiger partial charge in [-0.15, -0.1) is 0 Å². The average molecular weight is 252 g/mol. The van der Waals surface area contributed by atoms with Crippen LogP contribution in [-0.2, 0) is 4.74 Å². The van der Waals surface area contributed by atoms with Gasteiger partial charge in [-0.2, -0.15) is 0 Å². The van der Waals surface area contributed by atoms with E-state index in [-0.39, 0.29) is 12.1 Å². The Hall–Kier alpha value is -1.71. The molecule has 0 unspecified atom stereocenters. The molecule has 0 atom stereocenters. The number of benzene rings is 1. The van der Waals surface area contributed by atoms with Crippen LogP contribution in [-0.4, -0.2) is 25.3 Å². The van der Waals surface area contributed by atoms with Crippen LogP contribution < -0.4 is 9.47 Å². The van der Waals surface area contributed by atoms with E-state index in [1.165, 1.54) is 0 Å². The Labute approximate surface area is 108 Å². The Kier molecular flexibility index (Phi) is 5.49. The molecule has 1 aromatic carbocycles. The number of carbonyl (C=O) groups excluding carboxylic acids is 1. The SMILES string of the molecule is CCOC(=O)c1ccc(OC(C)C)c(OCC)c1. The molecule has 1 rings (SSSR count). The lowest BCUT2D eigenvalue weighted by atomic mass is 10.2. The first kappa shape index (κ1) is 14.4. The molecule has 18 heavy (non-hydrogen) atoms. The van der Waals surface area contributed by atoms with E-state index in [1.807, 2.05) is 20.8 Å². The lowest BCUT2D eigenvalue weighted by Gasteiger charge is -2.15. The lowest BCUT2D eigenvalue weighted by Crippen LogP contribution is -2.09. The normalized spacial score (nSPS) is 10.3. The van der Waals surface area contributed by atoms with Gasteiger partial charge in [0.1, 0.15) is 0 Å². The predicted molar refractivity (Wildman–Crippen MR) is 69.3 cm³/mol. The van der Waals surface area contributed by atoms with Crippen molar-refractivity contribution < 1.29 is 19.0 Å². The third kappa shape index (κ3) is 3.95. The molecule has 0 aliphatic rings. The minimum Gasteiger partial charge on any atom is -0.490 e. The van der Waals surface area contributed by atoms with E-state index in [9.17, 15) is 4.79 Å². The highest BCUT2D eigenvalue weighted by Gasteiger charge is 2.13. The van der Waals surface area contributed by atoms with Crippen molar-refractivity contribution in [1.82, 2.24) is 0 Å². The number of rotatable bonds is 6. The summed E-state index contributed by atoms with van der Waals surface area (Å²) in [6, 6.07) is 5.06. The van der Waals surface area contributed by atoms with E-state index in [4.69, 9.17) is 14.2 Å². The number of carbonyl (C=O) groups is 1. The Morgan fingerprint density at radius 1 is 1.17 bits per heavy atom. The van der Waals surface area contributed by atoms with Crippen LogP contribution in [0.5, 0.6) is 11.5 Å². The summed E-state index contributed by atoms with van der Waals surface area (Å²) in [4.78, 5) is 11.6. The molecule has 0 spiro atoms. The van der Waals surface area contributed by atoms with Gasteiger partial charge in [0.05, 0.1) is 24.9 Å². The highest BCUT2D eigenvalue weighted by Crippen LogP contribution is 2.29. The van der Waals surface area contributed by atoms with Gasteiger partial charge in [-0.25, -0.2) is 4.79 Å². The summed E-state index contributed by atoms with van der Waals surface area (Å²) in [5.74, 6) is 0.853. The van der Waals surface area contributed by atoms with Crippen LogP contribution in [0.1, 0.15) is 38.1 Å². The summed E-state index contributed by atoms with van der Waals surface area (Å²) < 4.78 is 16.0. The fourth-order valence-electron chi connectivity index (χ4n) is 1.47. The van der Waals surface area contributed by atoms with Gasteiger partial charge in [-0.1, -0.05) is 0 Å². The molecular weight excluding hydrogens is 232 g/mol. The minimum atomic E-state index is -0.352. The van der Waals surface area contributed by atoms with E-state index >= 15 is 0 Å². The zero-order valence-corrected chi connectivity index (χ0v) is 11.4. The zero-order valence-electron chi connectivity index (χ0n) is 11.4. The fourth-order valence-corrected chi connectivity index (χ4v) is 1.47. The molecular formula is C14H20O4. The monoisotopic (exact) mass is 252 g/mol. The Bertz CT molecular complexity index is 399. The first-order valence-corrected chi connectivity index (χ1v) is 6.19. The van der Waals surface area contributed by atoms with E-state index in [0.717, 1.165) is 0 Å². The van der Waals surface area contributed by atoms with Crippen LogP contribution in [0.3, 0.4) is 0 Å². The highest BCUT2D eigenvalue weighted by atomic mass is 16.5. The van der Waals surface area contributed by atoms with Crippen molar-refractivity contribution in [1.29, 1.82) is 0 Å². The maximum absolute atomic E-state index is 11.6. The summed E-state index contributed by atoms with van der Waals surface area (Å²) in [5, 5.41) is 0. The van der Waals surface area contributed by atoms with E-state index in [2.05, 4.69) is 0 Å². The van der Waals surface area contributed by atoms with Crippen LogP contribution in [0, 0.1) is 0 Å². The first-order chi connectivity index (χ1) is 8.58. The van der Waals surface area contributed by atoms with Gasteiger partial charge >= 0.3 is 5.97 Å². The smallest absolute Gasteiger partial charge is 0.338 e. The predicted octanol–water partition coefficient (Wildman–Crippen LogP) is 3.05. The van der Waals surface area contributed by atoms with Gasteiger partial charge in [0, 0.05) is 0 Å². The topological polar surface area (TPSA) is 44.8 Å². The van der Waals surface area contributed by atoms with Crippen molar-refractivity contribution >= 4 is 5.97 Å². The molecule has 100 valence electrons. The second-order valence-electron chi connectivity index (χ2n) is 3.98. The molecule has 0 amide bonds. The summed E-state index contributed by atoms with van der Waals surface area (Å²) in [5.41, 5.74) is 0.469. The molecule has 0 aliphatic heterocycles. The lowest BCUT2D eigenvalue weighted by molar-refractivity contribution is 0.0525. The standard InChI is InChI=1S/C14H20O4/c1-5-16-13-9-11(14(15)17-6-2)7-8-12(13)18-10(3)4/h7-10H,5-6H2,1-4H3. The number of hydrogen-bond acceptors (Lipinski definition) is 4. The van der Waals surface area contributed by atoms with Crippen LogP contribution in [0.15, 0.2) is 18.2 Å². The second kappa shape index (κ2) is 6.89. The largest absolute Gasteiger partial charge is 0.490 e. The Morgan fingerprint density at radius 3 is 2.44 bits per heavy atom. The quantitative estimate of drug-likeness (QED) is 0.730.